The summed E-state index contributed by atoms with van der Waals surface area (Å²) in [5.41, 5.74) is 1.27. The molecule has 4 aliphatic rings. The van der Waals surface area contributed by atoms with Gasteiger partial charge < -0.3 is 14.8 Å². The Labute approximate surface area is 161 Å². The van der Waals surface area contributed by atoms with Gasteiger partial charge in [-0.05, 0) is 43.6 Å². The van der Waals surface area contributed by atoms with Crippen molar-refractivity contribution in [1.29, 1.82) is 0 Å². The molecule has 5 rings (SSSR count). The lowest BCUT2D eigenvalue weighted by molar-refractivity contribution is -0.126. The predicted octanol–water partition coefficient (Wildman–Crippen LogP) is 2.62. The second kappa shape index (κ2) is 7.44. The lowest BCUT2D eigenvalue weighted by atomic mass is 9.84. The molecule has 0 aromatic heterocycles. The maximum atomic E-state index is 13.1. The van der Waals surface area contributed by atoms with Crippen molar-refractivity contribution in [3.8, 4) is 5.75 Å². The maximum absolute atomic E-state index is 13.1. The average molecular weight is 370 g/mol. The summed E-state index contributed by atoms with van der Waals surface area (Å²) in [5, 5.41) is 3.26. The van der Waals surface area contributed by atoms with Crippen LogP contribution < -0.4 is 10.1 Å². The van der Waals surface area contributed by atoms with Gasteiger partial charge in [-0.15, -0.1) is 0 Å². The van der Waals surface area contributed by atoms with Crippen LogP contribution in [-0.4, -0.2) is 50.3 Å². The van der Waals surface area contributed by atoms with Gasteiger partial charge in [0.05, 0.1) is 12.5 Å². The third-order valence-corrected chi connectivity index (χ3v) is 6.85. The Kier molecular flexibility index (Phi) is 4.82. The topological polar surface area (TPSA) is 50.8 Å². The summed E-state index contributed by atoms with van der Waals surface area (Å²) in [6.07, 6.45) is 4.79. The highest BCUT2D eigenvalue weighted by molar-refractivity contribution is 5.80. The number of carbonyl (C=O) groups is 1. The monoisotopic (exact) mass is 370 g/mol. The summed E-state index contributed by atoms with van der Waals surface area (Å²) < 4.78 is 11.5. The van der Waals surface area contributed by atoms with Crippen molar-refractivity contribution >= 4 is 5.91 Å². The van der Waals surface area contributed by atoms with Gasteiger partial charge in [0.1, 0.15) is 5.75 Å². The first-order valence-corrected chi connectivity index (χ1v) is 10.6. The molecule has 1 saturated carbocycles. The van der Waals surface area contributed by atoms with Gasteiger partial charge >= 0.3 is 0 Å². The van der Waals surface area contributed by atoms with E-state index in [-0.39, 0.29) is 17.7 Å². The van der Waals surface area contributed by atoms with Gasteiger partial charge in [0, 0.05) is 50.4 Å². The van der Waals surface area contributed by atoms with E-state index in [0.717, 1.165) is 57.4 Å². The van der Waals surface area contributed by atoms with Crippen LogP contribution in [0.3, 0.4) is 0 Å². The van der Waals surface area contributed by atoms with Crippen molar-refractivity contribution in [2.75, 3.05) is 39.5 Å². The van der Waals surface area contributed by atoms with Gasteiger partial charge in [0.15, 0.2) is 0 Å². The van der Waals surface area contributed by atoms with Crippen LogP contribution in [0.1, 0.15) is 37.3 Å². The first kappa shape index (κ1) is 17.5. The molecule has 3 atom stereocenters. The number of benzene rings is 1. The van der Waals surface area contributed by atoms with Crippen molar-refractivity contribution in [1.82, 2.24) is 10.2 Å². The minimum absolute atomic E-state index is 0.0296. The molecule has 5 nitrogen and oxygen atoms in total. The van der Waals surface area contributed by atoms with Crippen molar-refractivity contribution in [3.05, 3.63) is 29.8 Å². The van der Waals surface area contributed by atoms with Gasteiger partial charge in [-0.2, -0.15) is 0 Å². The second-order valence-corrected chi connectivity index (χ2v) is 8.76. The number of carbonyl (C=O) groups excluding carboxylic acids is 1. The van der Waals surface area contributed by atoms with Crippen molar-refractivity contribution < 1.29 is 14.3 Å². The Hall–Kier alpha value is -1.59. The van der Waals surface area contributed by atoms with E-state index >= 15 is 0 Å². The van der Waals surface area contributed by atoms with E-state index in [1.54, 1.807) is 0 Å². The molecule has 1 N–H and O–H groups in total. The standard InChI is InChI=1S/C22H30N2O3/c25-22(23-11-15-7-9-26-10-8-15)18-13-24(12-16-5-6-16)21-17-3-1-2-4-20(17)27-14-19(18)21/h1-4,15-16,18-19,21H,5-14H2,(H,23,25)/t18-,19+,21+/m1/s1. The van der Waals surface area contributed by atoms with E-state index in [0.29, 0.717) is 18.6 Å². The van der Waals surface area contributed by atoms with Gasteiger partial charge in [-0.1, -0.05) is 18.2 Å². The van der Waals surface area contributed by atoms with Crippen LogP contribution >= 0.6 is 0 Å². The molecule has 5 heteroatoms. The number of fused-ring (bicyclic) bond motifs is 3. The molecular weight excluding hydrogens is 340 g/mol. The number of hydrogen-bond donors (Lipinski definition) is 1. The van der Waals surface area contributed by atoms with Crippen molar-refractivity contribution in [3.63, 3.8) is 0 Å². The molecule has 0 unspecified atom stereocenters. The predicted molar refractivity (Wildman–Crippen MR) is 103 cm³/mol. The number of para-hydroxylation sites is 1. The normalized spacial score (nSPS) is 31.0. The van der Waals surface area contributed by atoms with Crippen molar-refractivity contribution in [2.45, 2.75) is 31.7 Å². The maximum Gasteiger partial charge on any atom is 0.224 e. The van der Waals surface area contributed by atoms with Gasteiger partial charge in [0.25, 0.3) is 0 Å². The Balaban J connectivity index is 1.31. The second-order valence-electron chi connectivity index (χ2n) is 8.76. The SMILES string of the molecule is O=C(NCC1CCOCC1)[C@@H]1CN(CC2CC2)[C@H]2c3ccccc3OC[C@@H]12. The van der Waals surface area contributed by atoms with E-state index in [1.165, 1.54) is 18.4 Å². The zero-order valence-corrected chi connectivity index (χ0v) is 15.9. The Morgan fingerprint density at radius 3 is 2.74 bits per heavy atom. The van der Waals surface area contributed by atoms with Crippen LogP contribution in [-0.2, 0) is 9.53 Å². The fourth-order valence-corrected chi connectivity index (χ4v) is 5.09. The van der Waals surface area contributed by atoms with Crippen LogP contribution in [0.4, 0.5) is 0 Å². The minimum atomic E-state index is 0.0296. The third-order valence-electron chi connectivity index (χ3n) is 6.85. The smallest absolute Gasteiger partial charge is 0.224 e. The number of nitrogens with one attached hydrogen (secondary N) is 1. The van der Waals surface area contributed by atoms with Crippen LogP contribution in [0.5, 0.6) is 5.75 Å². The molecule has 146 valence electrons. The molecule has 3 heterocycles. The molecule has 1 amide bonds. The summed E-state index contributed by atoms with van der Waals surface area (Å²) in [7, 11) is 0. The lowest BCUT2D eigenvalue weighted by Gasteiger charge is -2.34. The molecule has 0 spiro atoms. The first-order chi connectivity index (χ1) is 13.3. The minimum Gasteiger partial charge on any atom is -0.493 e. The van der Waals surface area contributed by atoms with E-state index in [1.807, 2.05) is 6.07 Å². The summed E-state index contributed by atoms with van der Waals surface area (Å²) in [5.74, 6) is 2.89. The molecular formula is C22H30N2O3. The van der Waals surface area contributed by atoms with E-state index < -0.39 is 0 Å². The first-order valence-electron chi connectivity index (χ1n) is 10.6. The van der Waals surface area contributed by atoms with E-state index in [2.05, 4.69) is 28.4 Å². The zero-order valence-electron chi connectivity index (χ0n) is 15.9. The molecule has 27 heavy (non-hydrogen) atoms. The quantitative estimate of drug-likeness (QED) is 0.866. The molecule has 0 bridgehead atoms. The molecule has 2 saturated heterocycles. The molecule has 0 radical (unpaired) electrons. The summed E-state index contributed by atoms with van der Waals surface area (Å²) in [4.78, 5) is 15.6. The fraction of sp³-hybridized carbons (Fsp3) is 0.682. The molecule has 1 aliphatic carbocycles. The Bertz CT molecular complexity index is 684. The number of rotatable bonds is 5. The number of amides is 1. The number of ether oxygens (including phenoxy) is 2. The van der Waals surface area contributed by atoms with Crippen LogP contribution in [0.2, 0.25) is 0 Å². The Morgan fingerprint density at radius 2 is 1.93 bits per heavy atom. The van der Waals surface area contributed by atoms with E-state index in [9.17, 15) is 4.79 Å². The fourth-order valence-electron chi connectivity index (χ4n) is 5.09. The van der Waals surface area contributed by atoms with Crippen LogP contribution in [0, 0.1) is 23.7 Å². The highest BCUT2D eigenvalue weighted by atomic mass is 16.5. The number of likely N-dealkylation sites (tertiary alicyclic amines) is 1. The van der Waals surface area contributed by atoms with Gasteiger partial charge in [-0.3, -0.25) is 9.69 Å². The summed E-state index contributed by atoms with van der Waals surface area (Å²) in [6, 6.07) is 8.72. The third kappa shape index (κ3) is 3.59. The summed E-state index contributed by atoms with van der Waals surface area (Å²) >= 11 is 0. The highest BCUT2D eigenvalue weighted by Gasteiger charge is 2.49. The highest BCUT2D eigenvalue weighted by Crippen LogP contribution is 2.48. The van der Waals surface area contributed by atoms with Crippen LogP contribution in [0.25, 0.3) is 0 Å². The van der Waals surface area contributed by atoms with Crippen LogP contribution in [0.15, 0.2) is 24.3 Å². The molecule has 3 fully saturated rings. The summed E-state index contributed by atoms with van der Waals surface area (Å²) in [6.45, 7) is 5.08. The average Bonchev–Trinajstić information content (AvgIpc) is 3.46. The largest absolute Gasteiger partial charge is 0.493 e. The molecule has 1 aromatic rings. The number of hydrogen-bond acceptors (Lipinski definition) is 4. The zero-order chi connectivity index (χ0) is 18.2. The van der Waals surface area contributed by atoms with Gasteiger partial charge in [0.2, 0.25) is 5.91 Å². The molecule has 3 aliphatic heterocycles. The molecule has 1 aromatic carbocycles. The lowest BCUT2D eigenvalue weighted by Crippen LogP contribution is -2.40. The van der Waals surface area contributed by atoms with Gasteiger partial charge in [-0.25, -0.2) is 0 Å². The number of nitrogens with zero attached hydrogens (tertiary/aromatic N) is 1. The Morgan fingerprint density at radius 1 is 1.11 bits per heavy atom. The van der Waals surface area contributed by atoms with E-state index in [4.69, 9.17) is 9.47 Å². The van der Waals surface area contributed by atoms with Crippen molar-refractivity contribution in [2.24, 2.45) is 23.7 Å².